The van der Waals surface area contributed by atoms with Gasteiger partial charge in [-0.2, -0.15) is 4.31 Å². The van der Waals surface area contributed by atoms with Crippen LogP contribution in [0.1, 0.15) is 16.2 Å². The first-order chi connectivity index (χ1) is 12.0. The molecule has 0 aliphatic heterocycles. The van der Waals surface area contributed by atoms with Gasteiger partial charge in [0.1, 0.15) is 5.76 Å². The molecule has 0 saturated heterocycles. The van der Waals surface area contributed by atoms with Gasteiger partial charge in [0, 0.05) is 16.4 Å². The summed E-state index contributed by atoms with van der Waals surface area (Å²) < 4.78 is 32.7. The fourth-order valence-corrected chi connectivity index (χ4v) is 4.78. The highest BCUT2D eigenvalue weighted by Gasteiger charge is 2.23. The number of halogens is 1. The van der Waals surface area contributed by atoms with Gasteiger partial charge in [0.2, 0.25) is 10.0 Å². The molecule has 0 saturated carbocycles. The van der Waals surface area contributed by atoms with Gasteiger partial charge in [-0.15, -0.1) is 11.3 Å². The van der Waals surface area contributed by atoms with Crippen molar-refractivity contribution in [1.82, 2.24) is 4.31 Å². The van der Waals surface area contributed by atoms with Crippen LogP contribution < -0.4 is 0 Å². The SMILES string of the molecule is O=S(=O)(Cc1ccc(Cl)cc1)N(CCc1cccs1)Cc1ccco1. The molecule has 25 heavy (non-hydrogen) atoms. The molecule has 4 nitrogen and oxygen atoms in total. The Balaban J connectivity index is 1.76. The normalized spacial score (nSPS) is 11.9. The second kappa shape index (κ2) is 8.19. The van der Waals surface area contributed by atoms with E-state index in [-0.39, 0.29) is 12.3 Å². The predicted molar refractivity (Wildman–Crippen MR) is 101 cm³/mol. The van der Waals surface area contributed by atoms with Crippen LogP contribution >= 0.6 is 22.9 Å². The van der Waals surface area contributed by atoms with Gasteiger partial charge in [0.15, 0.2) is 0 Å². The molecule has 1 aromatic carbocycles. The van der Waals surface area contributed by atoms with Gasteiger partial charge < -0.3 is 4.42 Å². The van der Waals surface area contributed by atoms with Crippen LogP contribution in [0.15, 0.2) is 64.6 Å². The summed E-state index contributed by atoms with van der Waals surface area (Å²) >= 11 is 7.51. The Kier molecular flexibility index (Phi) is 5.96. The number of hydrogen-bond donors (Lipinski definition) is 0. The summed E-state index contributed by atoms with van der Waals surface area (Å²) in [5, 5.41) is 2.58. The third-order valence-corrected chi connectivity index (χ3v) is 6.74. The molecule has 3 rings (SSSR count). The van der Waals surface area contributed by atoms with E-state index in [1.54, 1.807) is 54.0 Å². The smallest absolute Gasteiger partial charge is 0.218 e. The van der Waals surface area contributed by atoms with E-state index in [1.165, 1.54) is 4.31 Å². The number of rotatable bonds is 8. The first-order valence-corrected chi connectivity index (χ1v) is 10.7. The molecule has 0 bridgehead atoms. The molecule has 0 spiro atoms. The molecule has 0 aliphatic rings. The Morgan fingerprint density at radius 2 is 1.88 bits per heavy atom. The summed E-state index contributed by atoms with van der Waals surface area (Å²) in [6.45, 7) is 0.644. The van der Waals surface area contributed by atoms with Crippen LogP contribution in [0.2, 0.25) is 5.02 Å². The van der Waals surface area contributed by atoms with Gasteiger partial charge in [-0.1, -0.05) is 29.8 Å². The minimum atomic E-state index is -3.48. The van der Waals surface area contributed by atoms with Gasteiger partial charge in [-0.25, -0.2) is 8.42 Å². The number of nitrogens with zero attached hydrogens (tertiary/aromatic N) is 1. The highest BCUT2D eigenvalue weighted by atomic mass is 35.5. The quantitative estimate of drug-likeness (QED) is 0.561. The van der Waals surface area contributed by atoms with Crippen molar-refractivity contribution >= 4 is 33.0 Å². The summed E-state index contributed by atoms with van der Waals surface area (Å²) in [5.74, 6) is 0.570. The molecule has 0 aliphatic carbocycles. The molecule has 0 atom stereocenters. The van der Waals surface area contributed by atoms with E-state index in [1.807, 2.05) is 17.5 Å². The van der Waals surface area contributed by atoms with Crippen LogP contribution in [-0.4, -0.2) is 19.3 Å². The van der Waals surface area contributed by atoms with Gasteiger partial charge in [-0.3, -0.25) is 0 Å². The lowest BCUT2D eigenvalue weighted by molar-refractivity contribution is 0.366. The minimum absolute atomic E-state index is 0.0602. The Hall–Kier alpha value is -1.60. The van der Waals surface area contributed by atoms with Crippen LogP contribution in [0.25, 0.3) is 0 Å². The van der Waals surface area contributed by atoms with Crippen LogP contribution in [0.3, 0.4) is 0 Å². The number of benzene rings is 1. The highest BCUT2D eigenvalue weighted by Crippen LogP contribution is 2.19. The Morgan fingerprint density at radius 1 is 1.08 bits per heavy atom. The van der Waals surface area contributed by atoms with Crippen molar-refractivity contribution in [3.05, 3.63) is 81.4 Å². The fourth-order valence-electron chi connectivity index (χ4n) is 2.47. The van der Waals surface area contributed by atoms with E-state index in [4.69, 9.17) is 16.0 Å². The average molecular weight is 396 g/mol. The van der Waals surface area contributed by atoms with Gasteiger partial charge >= 0.3 is 0 Å². The van der Waals surface area contributed by atoms with E-state index >= 15 is 0 Å². The number of hydrogen-bond acceptors (Lipinski definition) is 4. The lowest BCUT2D eigenvalue weighted by atomic mass is 10.2. The molecule has 0 radical (unpaired) electrons. The monoisotopic (exact) mass is 395 g/mol. The topological polar surface area (TPSA) is 50.5 Å². The van der Waals surface area contributed by atoms with Crippen LogP contribution in [-0.2, 0) is 28.7 Å². The molecule has 0 amide bonds. The van der Waals surface area contributed by atoms with E-state index in [9.17, 15) is 8.42 Å². The zero-order chi connectivity index (χ0) is 17.7. The third-order valence-electron chi connectivity index (χ3n) is 3.76. The Labute approximate surface area is 156 Å². The molecular formula is C18H18ClNO3S2. The van der Waals surface area contributed by atoms with Crippen LogP contribution in [0.4, 0.5) is 0 Å². The van der Waals surface area contributed by atoms with Gasteiger partial charge in [-0.05, 0) is 47.7 Å². The minimum Gasteiger partial charge on any atom is -0.468 e. The maximum absolute atomic E-state index is 12.9. The summed E-state index contributed by atoms with van der Waals surface area (Å²) in [6.07, 6.45) is 2.23. The third kappa shape index (κ3) is 5.19. The number of sulfonamides is 1. The Bertz CT molecular complexity index is 873. The van der Waals surface area contributed by atoms with E-state index in [2.05, 4.69) is 0 Å². The van der Waals surface area contributed by atoms with Crippen molar-refractivity contribution in [2.24, 2.45) is 0 Å². The maximum Gasteiger partial charge on any atom is 0.218 e. The molecular weight excluding hydrogens is 378 g/mol. The Morgan fingerprint density at radius 3 is 2.52 bits per heavy atom. The average Bonchev–Trinajstić information content (AvgIpc) is 3.26. The zero-order valence-electron chi connectivity index (χ0n) is 13.5. The van der Waals surface area contributed by atoms with Crippen LogP contribution in [0, 0.1) is 0 Å². The van der Waals surface area contributed by atoms with Crippen molar-refractivity contribution in [2.45, 2.75) is 18.7 Å². The standard InChI is InChI=1S/C18H18ClNO3S2/c19-16-7-5-15(6-8-16)14-25(21,22)20(13-17-3-1-11-23-17)10-9-18-4-2-12-24-18/h1-8,11-12H,9-10,13-14H2. The van der Waals surface area contributed by atoms with Crippen LogP contribution in [0.5, 0.6) is 0 Å². The van der Waals surface area contributed by atoms with E-state index in [0.717, 1.165) is 4.88 Å². The predicted octanol–water partition coefficient (Wildman–Crippen LogP) is 4.57. The van der Waals surface area contributed by atoms with E-state index in [0.29, 0.717) is 29.3 Å². The molecule has 0 N–H and O–H groups in total. The molecule has 2 heterocycles. The summed E-state index contributed by atoms with van der Waals surface area (Å²) in [4.78, 5) is 1.16. The lowest BCUT2D eigenvalue weighted by Crippen LogP contribution is -2.33. The molecule has 7 heteroatoms. The molecule has 2 aromatic heterocycles. The number of thiophene rings is 1. The largest absolute Gasteiger partial charge is 0.468 e. The summed E-state index contributed by atoms with van der Waals surface area (Å²) in [5.41, 5.74) is 0.713. The molecule has 132 valence electrons. The van der Waals surface area contributed by atoms with Crippen molar-refractivity contribution in [3.8, 4) is 0 Å². The molecule has 3 aromatic rings. The fraction of sp³-hybridized carbons (Fsp3) is 0.222. The maximum atomic E-state index is 12.9. The molecule has 0 fully saturated rings. The highest BCUT2D eigenvalue weighted by molar-refractivity contribution is 7.88. The second-order valence-electron chi connectivity index (χ2n) is 5.62. The first-order valence-electron chi connectivity index (χ1n) is 7.80. The van der Waals surface area contributed by atoms with Crippen molar-refractivity contribution in [1.29, 1.82) is 0 Å². The second-order valence-corrected chi connectivity index (χ2v) is 9.06. The van der Waals surface area contributed by atoms with Gasteiger partial charge in [0.05, 0.1) is 18.6 Å². The molecule has 0 unspecified atom stereocenters. The zero-order valence-corrected chi connectivity index (χ0v) is 15.9. The summed E-state index contributed by atoms with van der Waals surface area (Å²) in [7, 11) is -3.48. The first kappa shape index (κ1) is 18.2. The van der Waals surface area contributed by atoms with Crippen molar-refractivity contribution in [3.63, 3.8) is 0 Å². The summed E-state index contributed by atoms with van der Waals surface area (Å²) in [6, 6.07) is 14.4. The van der Waals surface area contributed by atoms with Gasteiger partial charge in [0.25, 0.3) is 0 Å². The van der Waals surface area contributed by atoms with Crippen molar-refractivity contribution in [2.75, 3.05) is 6.54 Å². The van der Waals surface area contributed by atoms with Crippen molar-refractivity contribution < 1.29 is 12.8 Å². The lowest BCUT2D eigenvalue weighted by Gasteiger charge is -2.21. The van der Waals surface area contributed by atoms with E-state index < -0.39 is 10.0 Å². The number of furan rings is 1.